The van der Waals surface area contributed by atoms with E-state index in [1.165, 1.54) is 0 Å². The average molecular weight is 953 g/mol. The van der Waals surface area contributed by atoms with Crippen LogP contribution in [-0.2, 0) is 47.5 Å². The van der Waals surface area contributed by atoms with E-state index in [4.69, 9.17) is 37.9 Å². The first-order valence-corrected chi connectivity index (χ1v) is 19.2. The van der Waals surface area contributed by atoms with Crippen LogP contribution in [0.3, 0.4) is 0 Å². The van der Waals surface area contributed by atoms with E-state index in [0.29, 0.717) is 30.3 Å². The van der Waals surface area contributed by atoms with Gasteiger partial charge < -0.3 is 99.2 Å². The van der Waals surface area contributed by atoms with Crippen LogP contribution in [-0.4, -0.2) is 152 Å². The number of cyclic esters (lactones) is 1. The lowest BCUT2D eigenvalue weighted by Gasteiger charge is -2.46. The number of fused-ring (bicyclic) bond motifs is 3. The molecule has 2 fully saturated rings. The van der Waals surface area contributed by atoms with Crippen molar-refractivity contribution in [2.45, 2.75) is 54.7 Å². The third-order valence-corrected chi connectivity index (χ3v) is 11.5. The first kappa shape index (κ1) is 44.1. The highest BCUT2D eigenvalue weighted by Gasteiger charge is 2.65. The number of aliphatic hydroxyl groups is 1. The molecular weight excluding hydrogens is 924 g/mol. The third kappa shape index (κ3) is 6.54. The molecule has 5 aliphatic rings. The number of ether oxygens (including phenoxy) is 8. The average Bonchev–Trinajstić information content (AvgIpc) is 3.28. The smallest absolute Gasteiger partial charge is 0.353 e. The van der Waals surface area contributed by atoms with Gasteiger partial charge in [0, 0.05) is 16.7 Å². The molecule has 0 spiro atoms. The lowest BCUT2D eigenvalue weighted by atomic mass is 9.71. The number of aromatic hydroxyl groups is 11. The molecule has 5 aliphatic heterocycles. The van der Waals surface area contributed by atoms with Gasteiger partial charge in [0.15, 0.2) is 69.6 Å². The number of carbonyl (C=O) groups is 7. The van der Waals surface area contributed by atoms with Gasteiger partial charge in [-0.1, -0.05) is 0 Å². The maximum Gasteiger partial charge on any atom is 0.353 e. The minimum Gasteiger partial charge on any atom is -0.504 e. The summed E-state index contributed by atoms with van der Waals surface area (Å²) in [6, 6.07) is 2.42. The highest BCUT2D eigenvalue weighted by Crippen LogP contribution is 2.56. The van der Waals surface area contributed by atoms with E-state index in [0.717, 1.165) is 0 Å². The Morgan fingerprint density at radius 3 is 1.74 bits per heavy atom. The minimum atomic E-state index is -3.38. The standard InChI is InChI=1S/C41H28O27/c42-12-1-8(2-13(43)23(12)48)34(54)68-39-33-32-29(67-40(59)41(60)6-18(47)63-31-22(41)21-11(37(57)66-33)5-16(46)26(51)30(21)64-38(31)58)17(62-39)7-61-35(55)9-3-14(44)24(49)27(52)19(9)20-10(36(56)65-32)4-15(45)25(50)28(20)53/h1-5,17,22,29,31-33,39,42-46,48-53,60H,6-7H2/t17-,22+,29-,31-,32+,33+,39+,41-/m0/s1. The largest absolute Gasteiger partial charge is 0.504 e. The molecule has 5 heterocycles. The summed E-state index contributed by atoms with van der Waals surface area (Å²) < 4.78 is 44.1. The monoisotopic (exact) mass is 952 g/mol. The van der Waals surface area contributed by atoms with Crippen molar-refractivity contribution < 1.29 is 133 Å². The lowest BCUT2D eigenvalue weighted by molar-refractivity contribution is -0.290. The van der Waals surface area contributed by atoms with Crippen LogP contribution >= 0.6 is 0 Å². The minimum absolute atomic E-state index is 0.367. The van der Waals surface area contributed by atoms with Gasteiger partial charge in [-0.25, -0.2) is 28.8 Å². The van der Waals surface area contributed by atoms with Crippen molar-refractivity contribution in [3.05, 3.63) is 58.1 Å². The van der Waals surface area contributed by atoms with Gasteiger partial charge in [-0.2, -0.15) is 0 Å². The molecule has 12 N–H and O–H groups in total. The highest BCUT2D eigenvalue weighted by atomic mass is 16.7. The third-order valence-electron chi connectivity index (χ3n) is 11.5. The fourth-order valence-corrected chi connectivity index (χ4v) is 8.35. The Balaban J connectivity index is 1.29. The first-order chi connectivity index (χ1) is 32.0. The lowest BCUT2D eigenvalue weighted by Crippen LogP contribution is -2.65. The van der Waals surface area contributed by atoms with Gasteiger partial charge >= 0.3 is 41.8 Å². The fraction of sp³-hybridized carbons (Fsp3) is 0.244. The van der Waals surface area contributed by atoms with Crippen LogP contribution in [0.1, 0.15) is 59.3 Å². The quantitative estimate of drug-likeness (QED) is 0.0526. The van der Waals surface area contributed by atoms with Gasteiger partial charge in [-0.15, -0.1) is 0 Å². The van der Waals surface area contributed by atoms with Gasteiger partial charge in [0.1, 0.15) is 12.7 Å². The van der Waals surface area contributed by atoms with E-state index in [9.17, 15) is 94.8 Å². The maximum atomic E-state index is 14.7. The number of phenols is 11. The summed E-state index contributed by atoms with van der Waals surface area (Å²) in [6.07, 6.45) is -16.1. The van der Waals surface area contributed by atoms with E-state index in [1.54, 1.807) is 0 Å². The zero-order valence-electron chi connectivity index (χ0n) is 33.3. The molecule has 354 valence electrons. The number of rotatable bonds is 2. The van der Waals surface area contributed by atoms with Crippen molar-refractivity contribution in [1.82, 2.24) is 0 Å². The normalized spacial score (nSPS) is 26.2. The summed E-state index contributed by atoms with van der Waals surface area (Å²) in [6.45, 7) is -1.31. The van der Waals surface area contributed by atoms with Gasteiger partial charge in [0.2, 0.25) is 35.7 Å². The SMILES string of the molecule is O=C1C[C@@]2(O)C(=O)O[C@@H]3[C@H]4OC(=O)c5cc(O)c(O)c(O)c5-c5c(cc(O)c(O)c5O)C(=O)OC[C@@H]3O[C@H](OC(=O)c3cc(O)c(O)c(O)c3)[C@@H]4OC(=O)c3cc(O)c(O)c4c3[C@@H]2[C@H](O1)C(=O)O4. The number of benzene rings is 4. The summed E-state index contributed by atoms with van der Waals surface area (Å²) in [5.74, 6) is -29.3. The van der Waals surface area contributed by atoms with Crippen LogP contribution in [0, 0.1) is 0 Å². The molecule has 4 aromatic carbocycles. The molecule has 4 bridgehead atoms. The predicted octanol–water partition coefficient (Wildman–Crippen LogP) is -0.407. The summed E-state index contributed by atoms with van der Waals surface area (Å²) in [5, 5.41) is 128. The Kier molecular flexibility index (Phi) is 9.88. The van der Waals surface area contributed by atoms with Crippen molar-refractivity contribution in [2.24, 2.45) is 0 Å². The van der Waals surface area contributed by atoms with Crippen LogP contribution in [0.15, 0.2) is 30.3 Å². The summed E-state index contributed by atoms with van der Waals surface area (Å²) >= 11 is 0. The second kappa shape index (κ2) is 15.2. The van der Waals surface area contributed by atoms with Crippen molar-refractivity contribution in [2.75, 3.05) is 6.61 Å². The van der Waals surface area contributed by atoms with Crippen molar-refractivity contribution >= 4 is 41.8 Å². The van der Waals surface area contributed by atoms with Gasteiger partial charge in [0.25, 0.3) is 0 Å². The Labute approximate surface area is 373 Å². The molecular formula is C41H28O27. The van der Waals surface area contributed by atoms with Crippen LogP contribution in [0.5, 0.6) is 69.0 Å². The molecule has 8 atom stereocenters. The van der Waals surface area contributed by atoms with Gasteiger partial charge in [-0.3, -0.25) is 4.79 Å². The zero-order chi connectivity index (χ0) is 49.2. The first-order valence-electron chi connectivity index (χ1n) is 19.2. The van der Waals surface area contributed by atoms with Gasteiger partial charge in [0.05, 0.1) is 34.6 Å². The molecule has 0 aliphatic carbocycles. The summed E-state index contributed by atoms with van der Waals surface area (Å²) in [5.41, 5.74) is -10.4. The van der Waals surface area contributed by atoms with Crippen LogP contribution in [0.4, 0.5) is 0 Å². The van der Waals surface area contributed by atoms with E-state index < -0.39 is 211 Å². The maximum absolute atomic E-state index is 14.7. The van der Waals surface area contributed by atoms with Crippen LogP contribution in [0.25, 0.3) is 11.1 Å². The van der Waals surface area contributed by atoms with Crippen molar-refractivity contribution in [3.8, 4) is 80.1 Å². The number of carbonyl (C=O) groups excluding carboxylic acids is 7. The van der Waals surface area contributed by atoms with Crippen molar-refractivity contribution in [3.63, 3.8) is 0 Å². The Bertz CT molecular complexity index is 2970. The second-order valence-electron chi connectivity index (χ2n) is 15.5. The van der Waals surface area contributed by atoms with E-state index in [1.807, 2.05) is 0 Å². The molecule has 27 heteroatoms. The Morgan fingerprint density at radius 1 is 0.588 bits per heavy atom. The summed E-state index contributed by atoms with van der Waals surface area (Å²) in [7, 11) is 0. The molecule has 2 saturated heterocycles. The molecule has 0 saturated carbocycles. The van der Waals surface area contributed by atoms with Crippen LogP contribution < -0.4 is 4.74 Å². The molecule has 0 amide bonds. The zero-order valence-corrected chi connectivity index (χ0v) is 33.3. The van der Waals surface area contributed by atoms with Crippen LogP contribution in [0.2, 0.25) is 0 Å². The number of phenolic OH excluding ortho intramolecular Hbond substituents is 11. The topological polar surface area (TPSA) is 436 Å². The Hall–Kier alpha value is -9.11. The van der Waals surface area contributed by atoms with E-state index in [-0.39, 0.29) is 0 Å². The van der Waals surface area contributed by atoms with E-state index in [2.05, 4.69) is 0 Å². The molecule has 4 aromatic rings. The summed E-state index contributed by atoms with van der Waals surface area (Å²) in [4.78, 5) is 98.0. The molecule has 27 nitrogen and oxygen atoms in total. The van der Waals surface area contributed by atoms with Gasteiger partial charge in [-0.05, 0) is 30.3 Å². The molecule has 0 aromatic heterocycles. The second-order valence-corrected chi connectivity index (χ2v) is 15.5. The van der Waals surface area contributed by atoms with Crippen molar-refractivity contribution in [1.29, 1.82) is 0 Å². The molecule has 0 unspecified atom stereocenters. The molecule has 9 rings (SSSR count). The Morgan fingerprint density at radius 2 is 1.12 bits per heavy atom. The number of esters is 7. The predicted molar refractivity (Wildman–Crippen MR) is 204 cm³/mol. The molecule has 68 heavy (non-hydrogen) atoms. The number of hydrogen-bond acceptors (Lipinski definition) is 27. The highest BCUT2D eigenvalue weighted by molar-refractivity contribution is 6.08. The van der Waals surface area contributed by atoms with E-state index >= 15 is 0 Å². The fourth-order valence-electron chi connectivity index (χ4n) is 8.35. The molecule has 0 radical (unpaired) electrons. The number of hydrogen-bond donors (Lipinski definition) is 12.